The van der Waals surface area contributed by atoms with Crippen LogP contribution in [0.2, 0.25) is 0 Å². The molecule has 0 bridgehead atoms. The van der Waals surface area contributed by atoms with Gasteiger partial charge in [-0.1, -0.05) is 27.2 Å². The van der Waals surface area contributed by atoms with E-state index in [9.17, 15) is 0 Å². The van der Waals surface area contributed by atoms with Crippen molar-refractivity contribution in [1.82, 2.24) is 9.80 Å². The van der Waals surface area contributed by atoms with E-state index in [2.05, 4.69) is 30.6 Å². The van der Waals surface area contributed by atoms with Crippen LogP contribution in [0, 0.1) is 5.92 Å². The second kappa shape index (κ2) is 7.24. The molecule has 0 radical (unpaired) electrons. The van der Waals surface area contributed by atoms with Gasteiger partial charge in [-0.2, -0.15) is 0 Å². The number of nitrogens with zero attached hydrogens (tertiary/aromatic N) is 2. The van der Waals surface area contributed by atoms with E-state index in [1.165, 1.54) is 58.5 Å². The van der Waals surface area contributed by atoms with E-state index in [4.69, 9.17) is 0 Å². The maximum Gasteiger partial charge on any atom is 0.0109 e. The van der Waals surface area contributed by atoms with Gasteiger partial charge in [0.05, 0.1) is 0 Å². The van der Waals surface area contributed by atoms with Crippen molar-refractivity contribution in [2.45, 2.75) is 40.0 Å². The Morgan fingerprint density at radius 3 is 1.67 bits per heavy atom. The van der Waals surface area contributed by atoms with Crippen molar-refractivity contribution >= 4 is 0 Å². The van der Waals surface area contributed by atoms with E-state index in [0.717, 1.165) is 5.92 Å². The molecular weight excluding hydrogens is 184 g/mol. The van der Waals surface area contributed by atoms with Gasteiger partial charge in [0, 0.05) is 26.2 Å². The van der Waals surface area contributed by atoms with Gasteiger partial charge in [0.15, 0.2) is 0 Å². The molecule has 15 heavy (non-hydrogen) atoms. The lowest BCUT2D eigenvalue weighted by atomic mass is 10.1. The number of hydrogen-bond acceptors (Lipinski definition) is 2. The van der Waals surface area contributed by atoms with Gasteiger partial charge in [-0.25, -0.2) is 0 Å². The fourth-order valence-electron chi connectivity index (χ4n) is 2.55. The molecule has 0 atom stereocenters. The highest BCUT2D eigenvalue weighted by molar-refractivity contribution is 4.75. The molecule has 0 amide bonds. The standard InChI is InChI=1S/C13H28N2/c1-4-7-14-9-10-15(8-5-2)12-13(6-3)11-14/h13H,4-12H2,1-3H3. The van der Waals surface area contributed by atoms with Gasteiger partial charge >= 0.3 is 0 Å². The molecule has 0 aromatic carbocycles. The third kappa shape index (κ3) is 4.52. The summed E-state index contributed by atoms with van der Waals surface area (Å²) in [5.74, 6) is 0.894. The molecule has 0 N–H and O–H groups in total. The van der Waals surface area contributed by atoms with Gasteiger partial charge in [0.2, 0.25) is 0 Å². The maximum absolute atomic E-state index is 2.66. The molecule has 1 heterocycles. The van der Waals surface area contributed by atoms with E-state index >= 15 is 0 Å². The average Bonchev–Trinajstić information content (AvgIpc) is 2.42. The van der Waals surface area contributed by atoms with Crippen molar-refractivity contribution in [1.29, 1.82) is 0 Å². The van der Waals surface area contributed by atoms with Crippen LogP contribution >= 0.6 is 0 Å². The van der Waals surface area contributed by atoms with Crippen molar-refractivity contribution in [3.05, 3.63) is 0 Å². The Bertz CT molecular complexity index is 143. The Hall–Kier alpha value is -0.0800. The highest BCUT2D eigenvalue weighted by Crippen LogP contribution is 2.13. The van der Waals surface area contributed by atoms with E-state index < -0.39 is 0 Å². The zero-order chi connectivity index (χ0) is 11.1. The van der Waals surface area contributed by atoms with Crippen LogP contribution in [-0.4, -0.2) is 49.1 Å². The Balaban J connectivity index is 2.44. The van der Waals surface area contributed by atoms with Crippen LogP contribution in [-0.2, 0) is 0 Å². The van der Waals surface area contributed by atoms with Gasteiger partial charge in [0.1, 0.15) is 0 Å². The largest absolute Gasteiger partial charge is 0.302 e. The Morgan fingerprint density at radius 2 is 1.33 bits per heavy atom. The lowest BCUT2D eigenvalue weighted by Crippen LogP contribution is -2.31. The van der Waals surface area contributed by atoms with Crippen molar-refractivity contribution < 1.29 is 0 Å². The average molecular weight is 212 g/mol. The molecule has 0 aromatic heterocycles. The summed E-state index contributed by atoms with van der Waals surface area (Å²) >= 11 is 0. The molecule has 2 nitrogen and oxygen atoms in total. The van der Waals surface area contributed by atoms with Crippen LogP contribution in [0.1, 0.15) is 40.0 Å². The smallest absolute Gasteiger partial charge is 0.0109 e. The van der Waals surface area contributed by atoms with E-state index in [-0.39, 0.29) is 0 Å². The molecule has 90 valence electrons. The molecule has 2 heteroatoms. The molecule has 0 aliphatic carbocycles. The molecule has 1 aliphatic heterocycles. The predicted molar refractivity (Wildman–Crippen MR) is 67.2 cm³/mol. The zero-order valence-corrected chi connectivity index (χ0v) is 10.8. The SMILES string of the molecule is CCCN1CCN(CCC)CC(CC)C1. The summed E-state index contributed by atoms with van der Waals surface area (Å²) in [5, 5.41) is 0. The summed E-state index contributed by atoms with van der Waals surface area (Å²) in [6.07, 6.45) is 3.93. The van der Waals surface area contributed by atoms with Crippen LogP contribution < -0.4 is 0 Å². The molecule has 1 aliphatic rings. The van der Waals surface area contributed by atoms with Gasteiger partial charge in [-0.15, -0.1) is 0 Å². The van der Waals surface area contributed by atoms with Crippen LogP contribution in [0.25, 0.3) is 0 Å². The first-order valence-electron chi connectivity index (χ1n) is 6.74. The lowest BCUT2D eigenvalue weighted by molar-refractivity contribution is 0.254. The molecule has 1 saturated heterocycles. The molecule has 1 rings (SSSR count). The molecule has 0 spiro atoms. The van der Waals surface area contributed by atoms with Crippen molar-refractivity contribution in [3.8, 4) is 0 Å². The molecule has 0 aromatic rings. The van der Waals surface area contributed by atoms with Gasteiger partial charge in [-0.05, 0) is 31.8 Å². The maximum atomic E-state index is 2.66. The first-order valence-corrected chi connectivity index (χ1v) is 6.74. The molecule has 0 unspecified atom stereocenters. The summed E-state index contributed by atoms with van der Waals surface area (Å²) in [4.78, 5) is 5.31. The fourth-order valence-corrected chi connectivity index (χ4v) is 2.55. The summed E-state index contributed by atoms with van der Waals surface area (Å²) in [6, 6.07) is 0. The Labute approximate surface area is 95.6 Å². The van der Waals surface area contributed by atoms with Gasteiger partial charge in [0.25, 0.3) is 0 Å². The number of hydrogen-bond donors (Lipinski definition) is 0. The highest BCUT2D eigenvalue weighted by Gasteiger charge is 2.20. The minimum Gasteiger partial charge on any atom is -0.302 e. The van der Waals surface area contributed by atoms with Crippen molar-refractivity contribution in [3.63, 3.8) is 0 Å². The third-order valence-corrected chi connectivity index (χ3v) is 3.42. The third-order valence-electron chi connectivity index (χ3n) is 3.42. The lowest BCUT2D eigenvalue weighted by Gasteiger charge is -2.22. The topological polar surface area (TPSA) is 6.48 Å². The minimum absolute atomic E-state index is 0.894. The Morgan fingerprint density at radius 1 is 0.867 bits per heavy atom. The second-order valence-electron chi connectivity index (χ2n) is 4.88. The predicted octanol–water partition coefficient (Wildman–Crippen LogP) is 2.45. The Kier molecular flexibility index (Phi) is 6.26. The summed E-state index contributed by atoms with van der Waals surface area (Å²) in [6.45, 7) is 14.7. The summed E-state index contributed by atoms with van der Waals surface area (Å²) in [5.41, 5.74) is 0. The van der Waals surface area contributed by atoms with Crippen molar-refractivity contribution in [2.24, 2.45) is 5.92 Å². The van der Waals surface area contributed by atoms with E-state index in [1.54, 1.807) is 0 Å². The van der Waals surface area contributed by atoms with Crippen molar-refractivity contribution in [2.75, 3.05) is 39.3 Å². The normalized spacial score (nSPS) is 21.8. The monoisotopic (exact) mass is 212 g/mol. The van der Waals surface area contributed by atoms with E-state index in [1.807, 2.05) is 0 Å². The second-order valence-corrected chi connectivity index (χ2v) is 4.88. The van der Waals surface area contributed by atoms with Gasteiger partial charge in [-0.3, -0.25) is 0 Å². The van der Waals surface area contributed by atoms with Crippen LogP contribution in [0.5, 0.6) is 0 Å². The summed E-state index contributed by atoms with van der Waals surface area (Å²) in [7, 11) is 0. The quantitative estimate of drug-likeness (QED) is 0.691. The van der Waals surface area contributed by atoms with Gasteiger partial charge < -0.3 is 9.80 Å². The van der Waals surface area contributed by atoms with Crippen LogP contribution in [0.3, 0.4) is 0 Å². The molecule has 1 fully saturated rings. The first-order chi connectivity index (χ1) is 7.30. The first kappa shape index (κ1) is 13.0. The van der Waals surface area contributed by atoms with Crippen LogP contribution in [0.15, 0.2) is 0 Å². The fraction of sp³-hybridized carbons (Fsp3) is 1.00. The molecular formula is C13H28N2. The van der Waals surface area contributed by atoms with E-state index in [0.29, 0.717) is 0 Å². The van der Waals surface area contributed by atoms with Crippen LogP contribution in [0.4, 0.5) is 0 Å². The molecule has 0 saturated carbocycles. The minimum atomic E-state index is 0.894. The summed E-state index contributed by atoms with van der Waals surface area (Å²) < 4.78 is 0. The zero-order valence-electron chi connectivity index (χ0n) is 10.8. The highest BCUT2D eigenvalue weighted by atomic mass is 15.2. The number of rotatable bonds is 5.